The smallest absolute Gasteiger partial charge is 0.131 e. The molecule has 17 heavy (non-hydrogen) atoms. The van der Waals surface area contributed by atoms with Crippen molar-refractivity contribution in [2.45, 2.75) is 44.9 Å². The minimum Gasteiger partial charge on any atom is -0.310 e. The van der Waals surface area contributed by atoms with E-state index >= 15 is 0 Å². The first-order valence-corrected chi connectivity index (χ1v) is 8.27. The van der Waals surface area contributed by atoms with Gasteiger partial charge in [0.05, 0.1) is 5.25 Å². The Hall–Kier alpha value is -0.130. The maximum Gasteiger partial charge on any atom is 0.131 e. The van der Waals surface area contributed by atoms with Crippen molar-refractivity contribution in [3.8, 4) is 0 Å². The van der Waals surface area contributed by atoms with Gasteiger partial charge in [-0.25, -0.2) is 0 Å². The van der Waals surface area contributed by atoms with Crippen LogP contribution in [-0.2, 0) is 6.54 Å². The van der Waals surface area contributed by atoms with E-state index in [1.807, 2.05) is 11.8 Å². The lowest BCUT2D eigenvalue weighted by atomic mass is 10.2. The number of hydrogen-bond acceptors (Lipinski definition) is 5. The van der Waals surface area contributed by atoms with Crippen LogP contribution in [0.5, 0.6) is 0 Å². The summed E-state index contributed by atoms with van der Waals surface area (Å²) in [5.41, 5.74) is 0. The predicted molar refractivity (Wildman–Crippen MR) is 75.5 cm³/mol. The summed E-state index contributed by atoms with van der Waals surface area (Å²) in [5.74, 6) is 1.97. The second-order valence-electron chi connectivity index (χ2n) is 4.91. The highest BCUT2D eigenvalue weighted by atomic mass is 32.2. The van der Waals surface area contributed by atoms with Crippen molar-refractivity contribution in [2.24, 2.45) is 5.92 Å². The normalized spacial score (nSPS) is 21.0. The molecule has 2 rings (SSSR count). The summed E-state index contributed by atoms with van der Waals surface area (Å²) in [6, 6.07) is 0. The molecule has 0 aliphatic carbocycles. The van der Waals surface area contributed by atoms with E-state index in [2.05, 4.69) is 29.4 Å². The SMILES string of the molecule is CC(C)CNCc1nnc(C2CCCCS2)s1. The molecule has 1 fully saturated rings. The molecule has 0 aromatic carbocycles. The number of thioether (sulfide) groups is 1. The van der Waals surface area contributed by atoms with Crippen LogP contribution in [0.3, 0.4) is 0 Å². The first kappa shape index (κ1) is 13.3. The monoisotopic (exact) mass is 271 g/mol. The lowest BCUT2D eigenvalue weighted by molar-refractivity contribution is 0.550. The highest BCUT2D eigenvalue weighted by Gasteiger charge is 2.19. The average molecular weight is 271 g/mol. The molecule has 2 heterocycles. The van der Waals surface area contributed by atoms with Crippen molar-refractivity contribution in [1.82, 2.24) is 15.5 Å². The molecule has 1 atom stereocenters. The van der Waals surface area contributed by atoms with E-state index in [0.717, 1.165) is 18.1 Å². The summed E-state index contributed by atoms with van der Waals surface area (Å²) < 4.78 is 0. The molecular formula is C12H21N3S2. The van der Waals surface area contributed by atoms with Gasteiger partial charge >= 0.3 is 0 Å². The zero-order valence-corrected chi connectivity index (χ0v) is 12.2. The van der Waals surface area contributed by atoms with Crippen LogP contribution in [0.4, 0.5) is 0 Å². The van der Waals surface area contributed by atoms with Crippen LogP contribution in [0.1, 0.15) is 48.4 Å². The molecule has 3 nitrogen and oxygen atoms in total. The van der Waals surface area contributed by atoms with Gasteiger partial charge in [0, 0.05) is 6.54 Å². The molecule has 0 saturated carbocycles. The minimum absolute atomic E-state index is 0.611. The third-order valence-electron chi connectivity index (χ3n) is 2.77. The molecule has 1 aliphatic heterocycles. The van der Waals surface area contributed by atoms with Gasteiger partial charge < -0.3 is 5.32 Å². The summed E-state index contributed by atoms with van der Waals surface area (Å²) >= 11 is 3.83. The van der Waals surface area contributed by atoms with Crippen LogP contribution in [0.15, 0.2) is 0 Å². The van der Waals surface area contributed by atoms with E-state index < -0.39 is 0 Å². The summed E-state index contributed by atoms with van der Waals surface area (Å²) in [4.78, 5) is 0. The summed E-state index contributed by atoms with van der Waals surface area (Å²) in [6.07, 6.45) is 3.99. The predicted octanol–water partition coefficient (Wildman–Crippen LogP) is 3.24. The first-order chi connectivity index (χ1) is 8.25. The van der Waals surface area contributed by atoms with Crippen LogP contribution in [-0.4, -0.2) is 22.5 Å². The van der Waals surface area contributed by atoms with Crippen LogP contribution in [0, 0.1) is 5.92 Å². The third-order valence-corrected chi connectivity index (χ3v) is 5.34. The van der Waals surface area contributed by atoms with Gasteiger partial charge in [-0.15, -0.1) is 10.2 Å². The Kier molecular flexibility index (Phi) is 5.25. The van der Waals surface area contributed by atoms with E-state index in [1.54, 1.807) is 11.3 Å². The van der Waals surface area contributed by atoms with E-state index in [0.29, 0.717) is 11.2 Å². The van der Waals surface area contributed by atoms with Gasteiger partial charge in [-0.1, -0.05) is 31.6 Å². The molecule has 1 aromatic heterocycles. The molecule has 96 valence electrons. The fourth-order valence-corrected chi connectivity index (χ4v) is 4.23. The topological polar surface area (TPSA) is 37.8 Å². The van der Waals surface area contributed by atoms with Crippen molar-refractivity contribution >= 4 is 23.1 Å². The van der Waals surface area contributed by atoms with Crippen LogP contribution in [0.25, 0.3) is 0 Å². The second-order valence-corrected chi connectivity index (χ2v) is 7.32. The lowest BCUT2D eigenvalue weighted by Crippen LogP contribution is -2.18. The summed E-state index contributed by atoms with van der Waals surface area (Å²) in [7, 11) is 0. The van der Waals surface area contributed by atoms with Crippen LogP contribution >= 0.6 is 23.1 Å². The fraction of sp³-hybridized carbons (Fsp3) is 0.833. The highest BCUT2D eigenvalue weighted by Crippen LogP contribution is 2.39. The molecule has 0 amide bonds. The number of aromatic nitrogens is 2. The Bertz CT molecular complexity index is 332. The van der Waals surface area contributed by atoms with E-state index in [-0.39, 0.29) is 0 Å². The Morgan fingerprint density at radius 1 is 1.35 bits per heavy atom. The van der Waals surface area contributed by atoms with E-state index in [4.69, 9.17) is 0 Å². The fourth-order valence-electron chi connectivity index (χ4n) is 1.87. The summed E-state index contributed by atoms with van der Waals surface area (Å²) in [5, 5.41) is 15.0. The standard InChI is InChI=1S/C12H21N3S2/c1-9(2)7-13-8-11-14-15-12(17-11)10-5-3-4-6-16-10/h9-10,13H,3-8H2,1-2H3. The number of nitrogens with zero attached hydrogens (tertiary/aromatic N) is 2. The van der Waals surface area contributed by atoms with Gasteiger partial charge in [-0.2, -0.15) is 11.8 Å². The maximum absolute atomic E-state index is 4.35. The van der Waals surface area contributed by atoms with Crippen LogP contribution in [0.2, 0.25) is 0 Å². The Labute approximate surface area is 112 Å². The second kappa shape index (κ2) is 6.71. The quantitative estimate of drug-likeness (QED) is 0.892. The Morgan fingerprint density at radius 2 is 2.24 bits per heavy atom. The molecule has 1 aromatic rings. The molecule has 5 heteroatoms. The van der Waals surface area contributed by atoms with Crippen molar-refractivity contribution < 1.29 is 0 Å². The maximum atomic E-state index is 4.35. The van der Waals surface area contributed by atoms with Crippen molar-refractivity contribution in [3.05, 3.63) is 10.0 Å². The third kappa shape index (κ3) is 4.23. The molecule has 1 N–H and O–H groups in total. The van der Waals surface area contributed by atoms with Gasteiger partial charge in [0.25, 0.3) is 0 Å². The lowest BCUT2D eigenvalue weighted by Gasteiger charge is -2.17. The molecule has 1 aliphatic rings. The van der Waals surface area contributed by atoms with Gasteiger partial charge in [0.2, 0.25) is 0 Å². The zero-order chi connectivity index (χ0) is 12.1. The van der Waals surface area contributed by atoms with Gasteiger partial charge in [-0.3, -0.25) is 0 Å². The highest BCUT2D eigenvalue weighted by molar-refractivity contribution is 7.99. The molecule has 1 unspecified atom stereocenters. The molecule has 0 radical (unpaired) electrons. The average Bonchev–Trinajstić information content (AvgIpc) is 2.78. The molecule has 0 spiro atoms. The van der Waals surface area contributed by atoms with Gasteiger partial charge in [-0.05, 0) is 31.1 Å². The van der Waals surface area contributed by atoms with Crippen molar-refractivity contribution in [3.63, 3.8) is 0 Å². The number of hydrogen-bond donors (Lipinski definition) is 1. The molecule has 0 bridgehead atoms. The Balaban J connectivity index is 1.82. The minimum atomic E-state index is 0.611. The number of rotatable bonds is 5. The Morgan fingerprint density at radius 3 is 2.94 bits per heavy atom. The van der Waals surface area contributed by atoms with Crippen molar-refractivity contribution in [1.29, 1.82) is 0 Å². The molecular weight excluding hydrogens is 250 g/mol. The van der Waals surface area contributed by atoms with E-state index in [9.17, 15) is 0 Å². The van der Waals surface area contributed by atoms with Crippen molar-refractivity contribution in [2.75, 3.05) is 12.3 Å². The van der Waals surface area contributed by atoms with Crippen LogP contribution < -0.4 is 5.32 Å². The number of nitrogens with one attached hydrogen (secondary N) is 1. The summed E-state index contributed by atoms with van der Waals surface area (Å²) in [6.45, 7) is 6.36. The van der Waals surface area contributed by atoms with Gasteiger partial charge in [0.1, 0.15) is 10.0 Å². The first-order valence-electron chi connectivity index (χ1n) is 6.40. The largest absolute Gasteiger partial charge is 0.310 e. The molecule has 1 saturated heterocycles. The van der Waals surface area contributed by atoms with E-state index in [1.165, 1.54) is 30.0 Å². The zero-order valence-electron chi connectivity index (χ0n) is 10.6. The van der Waals surface area contributed by atoms with Gasteiger partial charge in [0.15, 0.2) is 0 Å².